The van der Waals surface area contributed by atoms with Crippen molar-refractivity contribution in [2.24, 2.45) is 4.99 Å². The fraction of sp³-hybridized carbons (Fsp3) is 0.176. The van der Waals surface area contributed by atoms with Gasteiger partial charge in [0.2, 0.25) is 0 Å². The highest BCUT2D eigenvalue weighted by molar-refractivity contribution is 6.34. The lowest BCUT2D eigenvalue weighted by molar-refractivity contribution is -0.138. The van der Waals surface area contributed by atoms with Crippen LogP contribution in [0.4, 0.5) is 0 Å². The van der Waals surface area contributed by atoms with Gasteiger partial charge in [-0.1, -0.05) is 60.1 Å². The highest BCUT2D eigenvalue weighted by atomic mass is 35.5. The minimum absolute atomic E-state index is 0.144. The average molecular weight is 300 g/mol. The third-order valence-electron chi connectivity index (χ3n) is 3.75. The summed E-state index contributed by atoms with van der Waals surface area (Å²) in [4.78, 5) is 15.9. The van der Waals surface area contributed by atoms with E-state index in [1.807, 2.05) is 48.5 Å². The third-order valence-corrected chi connectivity index (χ3v) is 4.08. The number of hydrogen-bond donors (Lipinski definition) is 1. The summed E-state index contributed by atoms with van der Waals surface area (Å²) < 4.78 is 0. The number of nitrogens with zero attached hydrogens (tertiary/aromatic N) is 1. The lowest BCUT2D eigenvalue weighted by atomic mass is 9.89. The molecule has 0 unspecified atom stereocenters. The number of carbonyl (C=O) groups is 1. The first-order valence-electron chi connectivity index (χ1n) is 6.76. The summed E-state index contributed by atoms with van der Waals surface area (Å²) in [6.45, 7) is 0. The SMILES string of the molecule is O=C(O)[C@H]1N=C(c2ccccc2Cl)C[C@@H]1c1ccccc1. The second kappa shape index (κ2) is 5.70. The van der Waals surface area contributed by atoms with Gasteiger partial charge in [-0.25, -0.2) is 4.79 Å². The summed E-state index contributed by atoms with van der Waals surface area (Å²) in [5, 5.41) is 10.0. The molecule has 0 fully saturated rings. The van der Waals surface area contributed by atoms with Gasteiger partial charge < -0.3 is 5.11 Å². The molecule has 0 aliphatic carbocycles. The van der Waals surface area contributed by atoms with Crippen LogP contribution in [-0.2, 0) is 4.79 Å². The number of hydrogen-bond acceptors (Lipinski definition) is 2. The van der Waals surface area contributed by atoms with Crippen molar-refractivity contribution in [2.45, 2.75) is 18.4 Å². The van der Waals surface area contributed by atoms with Crippen molar-refractivity contribution in [3.8, 4) is 0 Å². The van der Waals surface area contributed by atoms with Gasteiger partial charge in [-0.3, -0.25) is 4.99 Å². The first kappa shape index (κ1) is 13.8. The summed E-state index contributed by atoms with van der Waals surface area (Å²) >= 11 is 6.20. The second-order valence-corrected chi connectivity index (χ2v) is 5.47. The summed E-state index contributed by atoms with van der Waals surface area (Å²) in [7, 11) is 0. The van der Waals surface area contributed by atoms with E-state index in [9.17, 15) is 9.90 Å². The number of benzene rings is 2. The quantitative estimate of drug-likeness (QED) is 0.938. The van der Waals surface area contributed by atoms with Crippen LogP contribution >= 0.6 is 11.6 Å². The molecule has 0 radical (unpaired) electrons. The summed E-state index contributed by atoms with van der Waals surface area (Å²) in [5.41, 5.74) is 2.58. The minimum Gasteiger partial charge on any atom is -0.480 e. The van der Waals surface area contributed by atoms with E-state index < -0.39 is 12.0 Å². The molecule has 1 heterocycles. The van der Waals surface area contributed by atoms with Crippen LogP contribution in [-0.4, -0.2) is 22.8 Å². The van der Waals surface area contributed by atoms with Gasteiger partial charge in [-0.05, 0) is 18.1 Å². The Kier molecular flexibility index (Phi) is 3.76. The zero-order valence-electron chi connectivity index (χ0n) is 11.2. The average Bonchev–Trinajstić information content (AvgIpc) is 2.94. The second-order valence-electron chi connectivity index (χ2n) is 5.06. The lowest BCUT2D eigenvalue weighted by Gasteiger charge is -2.14. The number of halogens is 1. The maximum absolute atomic E-state index is 11.5. The maximum atomic E-state index is 11.5. The van der Waals surface area contributed by atoms with E-state index >= 15 is 0 Å². The number of carboxylic acid groups (broad SMARTS) is 1. The monoisotopic (exact) mass is 299 g/mol. The highest BCUT2D eigenvalue weighted by Gasteiger charge is 2.36. The molecule has 0 spiro atoms. The van der Waals surface area contributed by atoms with E-state index in [2.05, 4.69) is 4.99 Å². The molecule has 4 heteroatoms. The molecular formula is C17H14ClNO2. The van der Waals surface area contributed by atoms with Crippen LogP contribution in [0.15, 0.2) is 59.6 Å². The molecule has 1 N–H and O–H groups in total. The van der Waals surface area contributed by atoms with E-state index in [1.54, 1.807) is 6.07 Å². The third kappa shape index (κ3) is 2.69. The molecule has 106 valence electrons. The van der Waals surface area contributed by atoms with Crippen molar-refractivity contribution in [1.82, 2.24) is 0 Å². The Hall–Kier alpha value is -2.13. The first-order valence-corrected chi connectivity index (χ1v) is 7.14. The number of aliphatic imine (C=N–C) groups is 1. The molecule has 2 atom stereocenters. The lowest BCUT2D eigenvalue weighted by Crippen LogP contribution is -2.22. The summed E-state index contributed by atoms with van der Waals surface area (Å²) in [5.74, 6) is -1.04. The standard InChI is InChI=1S/C17H14ClNO2/c18-14-9-5-4-8-12(14)15-10-13(16(19-15)17(20)21)11-6-2-1-3-7-11/h1-9,13,16H,10H2,(H,20,21)/t13-,16+/m1/s1. The van der Waals surface area contributed by atoms with E-state index in [4.69, 9.17) is 11.6 Å². The highest BCUT2D eigenvalue weighted by Crippen LogP contribution is 2.35. The Labute approximate surface area is 127 Å². The van der Waals surface area contributed by atoms with E-state index in [1.165, 1.54) is 0 Å². The van der Waals surface area contributed by atoms with Crippen LogP contribution < -0.4 is 0 Å². The number of carboxylic acids is 1. The Morgan fingerprint density at radius 2 is 1.76 bits per heavy atom. The predicted octanol–water partition coefficient (Wildman–Crippen LogP) is 3.77. The van der Waals surface area contributed by atoms with Gasteiger partial charge in [0.05, 0.1) is 0 Å². The maximum Gasteiger partial charge on any atom is 0.329 e. The Morgan fingerprint density at radius 1 is 1.10 bits per heavy atom. The van der Waals surface area contributed by atoms with Gasteiger partial charge in [0.15, 0.2) is 6.04 Å². The van der Waals surface area contributed by atoms with Crippen molar-refractivity contribution in [3.05, 3.63) is 70.7 Å². The zero-order valence-corrected chi connectivity index (χ0v) is 12.0. The van der Waals surface area contributed by atoms with Crippen LogP contribution in [0.5, 0.6) is 0 Å². The van der Waals surface area contributed by atoms with Gasteiger partial charge >= 0.3 is 5.97 Å². The van der Waals surface area contributed by atoms with E-state index in [-0.39, 0.29) is 5.92 Å². The molecule has 3 rings (SSSR count). The van der Waals surface area contributed by atoms with Crippen molar-refractivity contribution in [2.75, 3.05) is 0 Å². The van der Waals surface area contributed by atoms with Crippen LogP contribution in [0.2, 0.25) is 5.02 Å². The smallest absolute Gasteiger partial charge is 0.329 e. The molecule has 21 heavy (non-hydrogen) atoms. The fourth-order valence-electron chi connectivity index (χ4n) is 2.73. The van der Waals surface area contributed by atoms with Gasteiger partial charge in [-0.15, -0.1) is 0 Å². The molecular weight excluding hydrogens is 286 g/mol. The molecule has 1 aliphatic heterocycles. The molecule has 1 aliphatic rings. The predicted molar refractivity (Wildman–Crippen MR) is 83.2 cm³/mol. The molecule has 0 saturated heterocycles. The topological polar surface area (TPSA) is 49.7 Å². The summed E-state index contributed by atoms with van der Waals surface area (Å²) in [6.07, 6.45) is 0.588. The first-order chi connectivity index (χ1) is 10.2. The van der Waals surface area contributed by atoms with Crippen LogP contribution in [0.25, 0.3) is 0 Å². The molecule has 0 saturated carbocycles. The largest absolute Gasteiger partial charge is 0.480 e. The van der Waals surface area contributed by atoms with Gasteiger partial charge in [-0.2, -0.15) is 0 Å². The molecule has 0 amide bonds. The van der Waals surface area contributed by atoms with Crippen molar-refractivity contribution >= 4 is 23.3 Å². The zero-order chi connectivity index (χ0) is 14.8. The van der Waals surface area contributed by atoms with Crippen LogP contribution in [0.1, 0.15) is 23.5 Å². The molecule has 0 aromatic heterocycles. The van der Waals surface area contributed by atoms with Crippen molar-refractivity contribution in [3.63, 3.8) is 0 Å². The molecule has 2 aromatic carbocycles. The minimum atomic E-state index is -0.897. The molecule has 0 bridgehead atoms. The van der Waals surface area contributed by atoms with Crippen molar-refractivity contribution in [1.29, 1.82) is 0 Å². The van der Waals surface area contributed by atoms with Crippen LogP contribution in [0, 0.1) is 0 Å². The number of aliphatic carboxylic acids is 1. The number of rotatable bonds is 3. The van der Waals surface area contributed by atoms with Gasteiger partial charge in [0, 0.05) is 22.2 Å². The van der Waals surface area contributed by atoms with Crippen molar-refractivity contribution < 1.29 is 9.90 Å². The fourth-order valence-corrected chi connectivity index (χ4v) is 2.98. The Balaban J connectivity index is 1.98. The Morgan fingerprint density at radius 3 is 2.43 bits per heavy atom. The van der Waals surface area contributed by atoms with E-state index in [0.717, 1.165) is 16.8 Å². The Bertz CT molecular complexity index is 697. The normalized spacial score (nSPS) is 21.1. The van der Waals surface area contributed by atoms with Gasteiger partial charge in [0.1, 0.15) is 0 Å². The summed E-state index contributed by atoms with van der Waals surface area (Å²) in [6, 6.07) is 16.3. The van der Waals surface area contributed by atoms with E-state index in [0.29, 0.717) is 11.4 Å². The van der Waals surface area contributed by atoms with Gasteiger partial charge in [0.25, 0.3) is 0 Å². The molecule has 3 nitrogen and oxygen atoms in total. The van der Waals surface area contributed by atoms with Crippen LogP contribution in [0.3, 0.4) is 0 Å². The molecule has 2 aromatic rings.